The highest BCUT2D eigenvalue weighted by atomic mass is 35.5. The average Bonchev–Trinajstić information content (AvgIpc) is 3.01. The van der Waals surface area contributed by atoms with Crippen molar-refractivity contribution in [2.24, 2.45) is 0 Å². The molecule has 23 heavy (non-hydrogen) atoms. The fraction of sp³-hybridized carbons (Fsp3) is 0. The third-order valence-electron chi connectivity index (χ3n) is 2.80. The molecule has 0 aliphatic rings. The molecule has 0 aliphatic carbocycles. The monoisotopic (exact) mass is 381 g/mol. The number of hydrogen-bond donors (Lipinski definition) is 1. The second kappa shape index (κ2) is 7.31. The minimum absolute atomic E-state index is 0.278. The number of aromatic nitrogens is 2. The Morgan fingerprint density at radius 3 is 2.57 bits per heavy atom. The molecule has 0 aliphatic heterocycles. The van der Waals surface area contributed by atoms with Crippen LogP contribution in [0.15, 0.2) is 57.2 Å². The fourth-order valence-electron chi connectivity index (χ4n) is 1.84. The van der Waals surface area contributed by atoms with Gasteiger partial charge in [0.2, 0.25) is 0 Å². The first kappa shape index (κ1) is 16.3. The van der Waals surface area contributed by atoms with E-state index in [0.29, 0.717) is 21.3 Å². The Bertz CT molecular complexity index is 820. The zero-order valence-corrected chi connectivity index (χ0v) is 14.6. The molecule has 0 bridgehead atoms. The standard InChI is InChI=1S/C15H9Cl2N3OS2/c16-10-5-9(6-11(17)7-10)14(21)19-12-3-1-2-4-13(12)23-15-20-18-8-22-15/h1-8H,(H,19,21). The predicted molar refractivity (Wildman–Crippen MR) is 94.9 cm³/mol. The topological polar surface area (TPSA) is 54.9 Å². The Kier molecular flexibility index (Phi) is 5.17. The number of nitrogens with zero attached hydrogens (tertiary/aromatic N) is 2. The van der Waals surface area contributed by atoms with E-state index in [1.807, 2.05) is 24.3 Å². The summed E-state index contributed by atoms with van der Waals surface area (Å²) >= 11 is 14.8. The molecule has 3 aromatic rings. The SMILES string of the molecule is O=C(Nc1ccccc1Sc1nncs1)c1cc(Cl)cc(Cl)c1. The molecule has 116 valence electrons. The van der Waals surface area contributed by atoms with Crippen molar-refractivity contribution in [1.82, 2.24) is 10.2 Å². The van der Waals surface area contributed by atoms with Gasteiger partial charge in [-0.3, -0.25) is 4.79 Å². The summed E-state index contributed by atoms with van der Waals surface area (Å²) in [5.74, 6) is -0.278. The van der Waals surface area contributed by atoms with Gasteiger partial charge in [-0.25, -0.2) is 0 Å². The number of rotatable bonds is 4. The lowest BCUT2D eigenvalue weighted by molar-refractivity contribution is 0.102. The molecule has 0 fully saturated rings. The van der Waals surface area contributed by atoms with Crippen LogP contribution in [0, 0.1) is 0 Å². The second-order valence-corrected chi connectivity index (χ2v) is 7.41. The van der Waals surface area contributed by atoms with Crippen LogP contribution >= 0.6 is 46.3 Å². The maximum atomic E-state index is 12.4. The number of nitrogens with one attached hydrogen (secondary N) is 1. The zero-order valence-electron chi connectivity index (χ0n) is 11.5. The number of halogens is 2. The predicted octanol–water partition coefficient (Wildman–Crippen LogP) is 5.25. The van der Waals surface area contributed by atoms with Crippen molar-refractivity contribution in [2.75, 3.05) is 5.32 Å². The van der Waals surface area contributed by atoms with E-state index in [1.165, 1.54) is 23.1 Å². The van der Waals surface area contributed by atoms with E-state index in [2.05, 4.69) is 15.5 Å². The summed E-state index contributed by atoms with van der Waals surface area (Å²) in [6.07, 6.45) is 0. The Balaban J connectivity index is 1.83. The molecule has 1 amide bonds. The van der Waals surface area contributed by atoms with Crippen LogP contribution < -0.4 is 5.32 Å². The summed E-state index contributed by atoms with van der Waals surface area (Å²) in [7, 11) is 0. The summed E-state index contributed by atoms with van der Waals surface area (Å²) in [6.45, 7) is 0. The number of amides is 1. The molecule has 0 unspecified atom stereocenters. The number of hydrogen-bond acceptors (Lipinski definition) is 5. The number of anilines is 1. The van der Waals surface area contributed by atoms with E-state index in [1.54, 1.807) is 23.7 Å². The Morgan fingerprint density at radius 1 is 1.13 bits per heavy atom. The number of carbonyl (C=O) groups excluding carboxylic acids is 1. The molecule has 8 heteroatoms. The Morgan fingerprint density at radius 2 is 1.87 bits per heavy atom. The van der Waals surface area contributed by atoms with E-state index in [-0.39, 0.29) is 5.91 Å². The molecule has 1 N–H and O–H groups in total. The highest BCUT2D eigenvalue weighted by molar-refractivity contribution is 8.01. The molecule has 1 aromatic heterocycles. The van der Waals surface area contributed by atoms with E-state index >= 15 is 0 Å². The molecule has 2 aromatic carbocycles. The average molecular weight is 382 g/mol. The summed E-state index contributed by atoms with van der Waals surface area (Å²) in [6, 6.07) is 12.2. The van der Waals surface area contributed by atoms with Crippen LogP contribution in [0.3, 0.4) is 0 Å². The van der Waals surface area contributed by atoms with Crippen LogP contribution in [0.4, 0.5) is 5.69 Å². The third kappa shape index (κ3) is 4.23. The van der Waals surface area contributed by atoms with Crippen LogP contribution in [-0.2, 0) is 0 Å². The maximum Gasteiger partial charge on any atom is 0.255 e. The first-order valence-electron chi connectivity index (χ1n) is 6.42. The third-order valence-corrected chi connectivity index (χ3v) is 5.09. The van der Waals surface area contributed by atoms with E-state index in [4.69, 9.17) is 23.2 Å². The summed E-state index contributed by atoms with van der Waals surface area (Å²) < 4.78 is 0.803. The molecule has 3 rings (SSSR count). The number of carbonyl (C=O) groups is 1. The minimum Gasteiger partial charge on any atom is -0.321 e. The van der Waals surface area contributed by atoms with Crippen LogP contribution in [0.5, 0.6) is 0 Å². The largest absolute Gasteiger partial charge is 0.321 e. The van der Waals surface area contributed by atoms with Crippen molar-refractivity contribution in [3.05, 3.63) is 63.6 Å². The highest BCUT2D eigenvalue weighted by Gasteiger charge is 2.12. The molecule has 0 atom stereocenters. The second-order valence-electron chi connectivity index (χ2n) is 4.42. The molecule has 1 heterocycles. The van der Waals surface area contributed by atoms with Gasteiger partial charge in [-0.15, -0.1) is 10.2 Å². The normalized spacial score (nSPS) is 10.5. The Labute approximate surface area is 150 Å². The first-order valence-corrected chi connectivity index (χ1v) is 8.87. The van der Waals surface area contributed by atoms with Crippen molar-refractivity contribution in [3.8, 4) is 0 Å². The molecule has 4 nitrogen and oxygen atoms in total. The van der Waals surface area contributed by atoms with Gasteiger partial charge < -0.3 is 5.32 Å². The van der Waals surface area contributed by atoms with Gasteiger partial charge in [-0.1, -0.05) is 58.4 Å². The summed E-state index contributed by atoms with van der Waals surface area (Å²) in [5, 5.41) is 11.5. The molecule has 0 saturated heterocycles. The molecule has 0 spiro atoms. The van der Waals surface area contributed by atoms with E-state index in [9.17, 15) is 4.79 Å². The quantitative estimate of drug-likeness (QED) is 0.670. The minimum atomic E-state index is -0.278. The molecule has 0 saturated carbocycles. The van der Waals surface area contributed by atoms with Crippen molar-refractivity contribution >= 4 is 57.9 Å². The fourth-order valence-corrected chi connectivity index (χ4v) is 3.89. The van der Waals surface area contributed by atoms with Gasteiger partial charge in [0.05, 0.1) is 5.69 Å². The molecule has 0 radical (unpaired) electrons. The lowest BCUT2D eigenvalue weighted by Gasteiger charge is -2.10. The smallest absolute Gasteiger partial charge is 0.255 e. The maximum absolute atomic E-state index is 12.4. The van der Waals surface area contributed by atoms with E-state index in [0.717, 1.165) is 9.24 Å². The highest BCUT2D eigenvalue weighted by Crippen LogP contribution is 2.34. The first-order chi connectivity index (χ1) is 11.1. The van der Waals surface area contributed by atoms with Gasteiger partial charge in [-0.05, 0) is 30.3 Å². The van der Waals surface area contributed by atoms with E-state index < -0.39 is 0 Å². The van der Waals surface area contributed by atoms with Crippen LogP contribution in [0.1, 0.15) is 10.4 Å². The van der Waals surface area contributed by atoms with Crippen molar-refractivity contribution in [1.29, 1.82) is 0 Å². The molecular formula is C15H9Cl2N3OS2. The van der Waals surface area contributed by atoms with Crippen LogP contribution in [0.25, 0.3) is 0 Å². The van der Waals surface area contributed by atoms with Gasteiger partial charge >= 0.3 is 0 Å². The summed E-state index contributed by atoms with van der Waals surface area (Å²) in [5.41, 5.74) is 2.75. The number of para-hydroxylation sites is 1. The zero-order chi connectivity index (χ0) is 16.2. The summed E-state index contributed by atoms with van der Waals surface area (Å²) in [4.78, 5) is 13.3. The Hall–Kier alpha value is -1.60. The molecular weight excluding hydrogens is 373 g/mol. The van der Waals surface area contributed by atoms with Crippen LogP contribution in [-0.4, -0.2) is 16.1 Å². The lowest BCUT2D eigenvalue weighted by atomic mass is 10.2. The van der Waals surface area contributed by atoms with Gasteiger partial charge in [0.15, 0.2) is 4.34 Å². The van der Waals surface area contributed by atoms with Crippen LogP contribution in [0.2, 0.25) is 10.0 Å². The van der Waals surface area contributed by atoms with Crippen molar-refractivity contribution in [2.45, 2.75) is 9.24 Å². The van der Waals surface area contributed by atoms with Gasteiger partial charge in [0.25, 0.3) is 5.91 Å². The van der Waals surface area contributed by atoms with Gasteiger partial charge in [0.1, 0.15) is 5.51 Å². The van der Waals surface area contributed by atoms with Crippen molar-refractivity contribution < 1.29 is 4.79 Å². The number of benzene rings is 2. The van der Waals surface area contributed by atoms with Crippen molar-refractivity contribution in [3.63, 3.8) is 0 Å². The van der Waals surface area contributed by atoms with Gasteiger partial charge in [0, 0.05) is 20.5 Å². The van der Waals surface area contributed by atoms with Gasteiger partial charge in [-0.2, -0.15) is 0 Å². The lowest BCUT2D eigenvalue weighted by Crippen LogP contribution is -2.12.